The molecule has 12 heteroatoms. The Kier molecular flexibility index (Phi) is 7.70. The van der Waals surface area contributed by atoms with E-state index in [2.05, 4.69) is 10.3 Å². The number of halogens is 2. The number of hydrogen-bond donors (Lipinski definition) is 1. The second-order valence-corrected chi connectivity index (χ2v) is 9.03. The number of hydrogen-bond acceptors (Lipinski definition) is 7. The van der Waals surface area contributed by atoms with Crippen LogP contribution >= 0.6 is 11.6 Å². The van der Waals surface area contributed by atoms with E-state index in [-0.39, 0.29) is 43.0 Å². The van der Waals surface area contributed by atoms with Gasteiger partial charge in [0, 0.05) is 25.2 Å². The standard InChI is InChI=1S/C24H26ClFN4O6/c1-3-14-11-35-12-17-22-28-20(21(32)24(34)30(14)22)23(33)27-10-13-8-15(25)16(26)9-18(13)36-7-5-4-6-19(31)29(17)2/h4,6,8-9,14,17,20H,3,5,7,10-12H2,1-2H3,(H,27,33)/b6-4-/t14-,17+,20?/m0/s1. The van der Waals surface area contributed by atoms with E-state index < -0.39 is 47.4 Å². The van der Waals surface area contributed by atoms with Crippen LogP contribution < -0.4 is 10.1 Å². The Labute approximate surface area is 212 Å². The summed E-state index contributed by atoms with van der Waals surface area (Å²) in [5.41, 5.74) is 0.372. The van der Waals surface area contributed by atoms with Gasteiger partial charge in [-0.15, -0.1) is 0 Å². The quantitative estimate of drug-likeness (QED) is 0.440. The molecule has 0 aliphatic carbocycles. The SMILES string of the molecule is CC[C@H]1COC[C@@H]2C3=NC(C(=O)NCc4cc(Cl)c(F)cc4OCC/C=C\C(=O)N2C)C(=O)C(=O)N31. The topological polar surface area (TPSA) is 118 Å². The van der Waals surface area contributed by atoms with Gasteiger partial charge in [0.05, 0.1) is 30.9 Å². The largest absolute Gasteiger partial charge is 0.493 e. The van der Waals surface area contributed by atoms with Gasteiger partial charge in [0.2, 0.25) is 5.91 Å². The van der Waals surface area contributed by atoms with E-state index in [1.807, 2.05) is 6.92 Å². The number of nitrogens with zero attached hydrogens (tertiary/aromatic N) is 3. The second-order valence-electron chi connectivity index (χ2n) is 8.63. The van der Waals surface area contributed by atoms with Crippen LogP contribution in [0.1, 0.15) is 25.3 Å². The van der Waals surface area contributed by atoms with Crippen LogP contribution in [0.25, 0.3) is 0 Å². The van der Waals surface area contributed by atoms with Crippen LogP contribution in [0.15, 0.2) is 29.3 Å². The maximum Gasteiger partial charge on any atom is 0.298 e. The minimum absolute atomic E-state index is 0.0400. The number of Topliss-reactive ketones (excluding diaryl/α,β-unsaturated/α-hetero) is 1. The molecule has 2 bridgehead atoms. The Bertz CT molecular complexity index is 1160. The van der Waals surface area contributed by atoms with Gasteiger partial charge in [-0.1, -0.05) is 24.6 Å². The minimum atomic E-state index is -1.64. The maximum atomic E-state index is 14.0. The van der Waals surface area contributed by atoms with Crippen molar-refractivity contribution in [1.82, 2.24) is 15.1 Å². The van der Waals surface area contributed by atoms with Crippen LogP contribution in [0.5, 0.6) is 5.75 Å². The van der Waals surface area contributed by atoms with Crippen molar-refractivity contribution < 1.29 is 33.0 Å². The Balaban J connectivity index is 1.77. The molecule has 3 heterocycles. The molecule has 0 aromatic heterocycles. The van der Waals surface area contributed by atoms with Crippen LogP contribution in [0, 0.1) is 5.82 Å². The molecule has 1 aromatic rings. The monoisotopic (exact) mass is 520 g/mol. The Morgan fingerprint density at radius 2 is 2.00 bits per heavy atom. The summed E-state index contributed by atoms with van der Waals surface area (Å²) >= 11 is 5.91. The molecule has 0 saturated carbocycles. The number of nitrogens with one attached hydrogen (secondary N) is 1. The van der Waals surface area contributed by atoms with Crippen LogP contribution in [-0.4, -0.2) is 84.1 Å². The summed E-state index contributed by atoms with van der Waals surface area (Å²) in [6.07, 6.45) is 3.79. The molecule has 1 fully saturated rings. The molecule has 0 radical (unpaired) electrons. The lowest BCUT2D eigenvalue weighted by Gasteiger charge is -2.37. The molecule has 1 N–H and O–H groups in total. The predicted molar refractivity (Wildman–Crippen MR) is 127 cm³/mol. The van der Waals surface area contributed by atoms with Crippen molar-refractivity contribution in [2.45, 2.75) is 44.4 Å². The molecular formula is C24H26ClFN4O6. The zero-order valence-corrected chi connectivity index (χ0v) is 20.6. The van der Waals surface area contributed by atoms with Gasteiger partial charge in [0.15, 0.2) is 6.04 Å². The van der Waals surface area contributed by atoms with Gasteiger partial charge in [-0.05, 0) is 25.0 Å². The van der Waals surface area contributed by atoms with Crippen molar-refractivity contribution in [1.29, 1.82) is 0 Å². The number of ketones is 1. The molecule has 0 spiro atoms. The van der Waals surface area contributed by atoms with Crippen LogP contribution in [0.4, 0.5) is 4.39 Å². The lowest BCUT2D eigenvalue weighted by molar-refractivity contribution is -0.147. The molecule has 1 saturated heterocycles. The van der Waals surface area contributed by atoms with Crippen molar-refractivity contribution in [3.63, 3.8) is 0 Å². The van der Waals surface area contributed by atoms with E-state index in [0.717, 1.165) is 6.07 Å². The average Bonchev–Trinajstić information content (AvgIpc) is 3.04. The molecule has 3 atom stereocenters. The normalized spacial score (nSPS) is 26.4. The first-order chi connectivity index (χ1) is 17.2. The molecule has 192 valence electrons. The third-order valence-corrected chi connectivity index (χ3v) is 6.62. The van der Waals surface area contributed by atoms with Gasteiger partial charge >= 0.3 is 0 Å². The van der Waals surface area contributed by atoms with Crippen LogP contribution in [0.2, 0.25) is 5.02 Å². The number of fused-ring (bicyclic) bond motifs is 2. The lowest BCUT2D eigenvalue weighted by atomic mass is 10.0. The molecule has 3 aliphatic heterocycles. The fourth-order valence-electron chi connectivity index (χ4n) is 4.23. The molecule has 3 aliphatic rings. The number of ether oxygens (including phenoxy) is 2. The first-order valence-electron chi connectivity index (χ1n) is 11.6. The number of benzene rings is 1. The van der Waals surface area contributed by atoms with Crippen molar-refractivity contribution in [2.75, 3.05) is 26.9 Å². The van der Waals surface area contributed by atoms with Crippen molar-refractivity contribution >= 4 is 40.9 Å². The summed E-state index contributed by atoms with van der Waals surface area (Å²) < 4.78 is 25.4. The lowest BCUT2D eigenvalue weighted by Crippen LogP contribution is -2.61. The first kappa shape index (κ1) is 25.8. The molecular weight excluding hydrogens is 495 g/mol. The molecule has 3 amide bonds. The Hall–Kier alpha value is -3.31. The molecule has 10 nitrogen and oxygen atoms in total. The number of amidine groups is 1. The number of amides is 3. The Morgan fingerprint density at radius 3 is 2.75 bits per heavy atom. The number of carbonyl (C=O) groups is 4. The number of carbonyl (C=O) groups excluding carboxylic acids is 4. The summed E-state index contributed by atoms with van der Waals surface area (Å²) in [5, 5.41) is 2.41. The van der Waals surface area contributed by atoms with Gasteiger partial charge in [0.1, 0.15) is 23.4 Å². The molecule has 1 unspecified atom stereocenters. The minimum Gasteiger partial charge on any atom is -0.493 e. The highest BCUT2D eigenvalue weighted by Gasteiger charge is 2.47. The van der Waals surface area contributed by atoms with E-state index in [9.17, 15) is 23.6 Å². The smallest absolute Gasteiger partial charge is 0.298 e. The zero-order valence-electron chi connectivity index (χ0n) is 19.8. The van der Waals surface area contributed by atoms with Gasteiger partial charge in [-0.3, -0.25) is 24.1 Å². The van der Waals surface area contributed by atoms with E-state index in [4.69, 9.17) is 21.1 Å². The predicted octanol–water partition coefficient (Wildman–Crippen LogP) is 1.25. The van der Waals surface area contributed by atoms with Crippen molar-refractivity contribution in [3.8, 4) is 5.75 Å². The Morgan fingerprint density at radius 1 is 1.22 bits per heavy atom. The highest BCUT2D eigenvalue weighted by atomic mass is 35.5. The highest BCUT2D eigenvalue weighted by molar-refractivity contribution is 6.46. The molecule has 1 aromatic carbocycles. The molecule has 36 heavy (non-hydrogen) atoms. The second kappa shape index (κ2) is 10.8. The summed E-state index contributed by atoms with van der Waals surface area (Å²) in [6.45, 7) is 2.03. The van der Waals surface area contributed by atoms with E-state index in [1.165, 1.54) is 29.0 Å². The summed E-state index contributed by atoms with van der Waals surface area (Å²) in [6, 6.07) is -0.494. The highest BCUT2D eigenvalue weighted by Crippen LogP contribution is 2.27. The summed E-state index contributed by atoms with van der Waals surface area (Å²) in [7, 11) is 1.53. The summed E-state index contributed by atoms with van der Waals surface area (Å²) in [4.78, 5) is 59.1. The number of rotatable bonds is 1. The van der Waals surface area contributed by atoms with Crippen LogP contribution in [-0.2, 0) is 30.5 Å². The third kappa shape index (κ3) is 4.98. The maximum absolute atomic E-state index is 14.0. The number of likely N-dealkylation sites (N-methyl/N-ethyl adjacent to an activating group) is 1. The third-order valence-electron chi connectivity index (χ3n) is 6.33. The summed E-state index contributed by atoms with van der Waals surface area (Å²) in [5.74, 6) is -3.49. The van der Waals surface area contributed by atoms with Crippen molar-refractivity contribution in [3.05, 3.63) is 40.7 Å². The van der Waals surface area contributed by atoms with Gasteiger partial charge in [-0.25, -0.2) is 9.38 Å². The van der Waals surface area contributed by atoms with Gasteiger partial charge < -0.3 is 19.7 Å². The fraction of sp³-hybridized carbons (Fsp3) is 0.458. The van der Waals surface area contributed by atoms with Gasteiger partial charge in [0.25, 0.3) is 17.6 Å². The van der Waals surface area contributed by atoms with E-state index in [0.29, 0.717) is 18.4 Å². The van der Waals surface area contributed by atoms with E-state index >= 15 is 0 Å². The molecule has 4 rings (SSSR count). The average molecular weight is 521 g/mol. The van der Waals surface area contributed by atoms with Gasteiger partial charge in [-0.2, -0.15) is 0 Å². The van der Waals surface area contributed by atoms with Crippen molar-refractivity contribution in [2.24, 2.45) is 4.99 Å². The first-order valence-corrected chi connectivity index (χ1v) is 11.9. The number of aliphatic imine (C=N–C) groups is 1. The zero-order chi connectivity index (χ0) is 26.0. The van der Waals surface area contributed by atoms with E-state index in [1.54, 1.807) is 6.08 Å². The fourth-order valence-corrected chi connectivity index (χ4v) is 4.42. The van der Waals surface area contributed by atoms with Crippen LogP contribution in [0.3, 0.4) is 0 Å².